The maximum absolute atomic E-state index is 11.4. The number of para-hydroxylation sites is 1. The van der Waals surface area contributed by atoms with Crippen molar-refractivity contribution in [1.29, 1.82) is 0 Å². The molecule has 0 atom stereocenters. The van der Waals surface area contributed by atoms with Gasteiger partial charge in [0.1, 0.15) is 11.5 Å². The summed E-state index contributed by atoms with van der Waals surface area (Å²) in [5.74, 6) is 1.94. The molecule has 0 aliphatic rings. The first-order valence-corrected chi connectivity index (χ1v) is 18.8. The van der Waals surface area contributed by atoms with E-state index in [2.05, 4.69) is 91.8 Å². The molecule has 0 aliphatic heterocycles. The third-order valence-corrected chi connectivity index (χ3v) is 8.94. The Labute approximate surface area is 344 Å². The third-order valence-electron chi connectivity index (χ3n) is 8.94. The molecule has 54 heavy (non-hydrogen) atoms. The Morgan fingerprint density at radius 2 is 1.15 bits per heavy atom. The van der Waals surface area contributed by atoms with E-state index >= 15 is 0 Å². The molecule has 4 heteroatoms. The zero-order chi connectivity index (χ0) is 38.2. The van der Waals surface area contributed by atoms with Gasteiger partial charge in [-0.25, -0.2) is 0 Å². The Morgan fingerprint density at radius 1 is 0.630 bits per heavy atom. The first kappa shape index (κ1) is 43.7. The predicted molar refractivity (Wildman–Crippen MR) is 228 cm³/mol. The number of aryl methyl sites for hydroxylation is 2. The predicted octanol–water partition coefficient (Wildman–Crippen LogP) is 14.1. The van der Waals surface area contributed by atoms with Crippen molar-refractivity contribution >= 4 is 5.69 Å². The average molecular weight is 881 g/mol. The minimum atomic E-state index is 0. The fraction of sp³-hybridized carbons (Fsp3) is 0.240. The summed E-state index contributed by atoms with van der Waals surface area (Å²) in [6.45, 7) is 21.8. The molecule has 0 unspecified atom stereocenters. The fourth-order valence-corrected chi connectivity index (χ4v) is 6.04. The van der Waals surface area contributed by atoms with Gasteiger partial charge in [-0.2, -0.15) is 49.2 Å². The molecule has 6 aromatic rings. The molecule has 0 aliphatic carbocycles. The topological polar surface area (TPSA) is 43.6 Å². The summed E-state index contributed by atoms with van der Waals surface area (Å²) in [6, 6.07) is 46.7. The molecule has 280 valence electrons. The molecule has 6 rings (SSSR count). The van der Waals surface area contributed by atoms with Crippen LogP contribution >= 0.6 is 0 Å². The molecule has 3 nitrogen and oxygen atoms in total. The van der Waals surface area contributed by atoms with Gasteiger partial charge in [-0.15, -0.1) is 36.5 Å². The van der Waals surface area contributed by atoms with Crippen molar-refractivity contribution in [3.05, 3.63) is 192 Å². The molecule has 1 N–H and O–H groups in total. The molecule has 6 aromatic carbocycles. The number of phenolic OH excluding ortho intramolecular Hbond substituents is 1. The number of nitrogens with zero attached hydrogens (tertiary/aromatic N) is 1. The molecule has 0 heterocycles. The third kappa shape index (κ3) is 13.0. The van der Waals surface area contributed by atoms with E-state index in [0.717, 1.165) is 63.2 Å². The first-order chi connectivity index (χ1) is 25.6. The number of ether oxygens (including phenoxy) is 1. The van der Waals surface area contributed by atoms with Gasteiger partial charge in [0.2, 0.25) is 0 Å². The van der Waals surface area contributed by atoms with E-state index in [1.165, 1.54) is 16.7 Å². The van der Waals surface area contributed by atoms with E-state index in [1.54, 1.807) is 0 Å². The molecule has 0 bridgehead atoms. The second kappa shape index (κ2) is 22.5. The Hall–Kier alpha value is -4.67. The van der Waals surface area contributed by atoms with Crippen LogP contribution in [-0.4, -0.2) is 18.3 Å². The standard InChI is InChI=1S/C36H42NO2.2C7H7.Hf/c1-7-27-17-18-34(39-20-12-19-37-35-29(24(2)3)15-11-16-30(35)25(4)5)32(23-27)33-22-26(6)21-31(36(33)38)28-13-9-8-10-14-28;2*1-7-5-3-2-4-6-7;/h8-11,13-18,21-25,38H,7,12,19-20H2,1-6H3;2*2-6H,1H2;/q3*-1;. The van der Waals surface area contributed by atoms with Crippen LogP contribution in [0, 0.1) is 20.8 Å². The summed E-state index contributed by atoms with van der Waals surface area (Å²) in [7, 11) is 0. The van der Waals surface area contributed by atoms with Crippen LogP contribution in [0.3, 0.4) is 0 Å². The second-order valence-corrected chi connectivity index (χ2v) is 13.9. The molecule has 0 fully saturated rings. The summed E-state index contributed by atoms with van der Waals surface area (Å²) in [5.41, 5.74) is 11.8. The summed E-state index contributed by atoms with van der Waals surface area (Å²) >= 11 is 0. The summed E-state index contributed by atoms with van der Waals surface area (Å²) in [4.78, 5) is 0. The van der Waals surface area contributed by atoms with E-state index in [1.807, 2.05) is 103 Å². The van der Waals surface area contributed by atoms with Gasteiger partial charge in [0.25, 0.3) is 0 Å². The molecule has 0 radical (unpaired) electrons. The van der Waals surface area contributed by atoms with E-state index in [0.29, 0.717) is 25.0 Å². The number of phenols is 1. The van der Waals surface area contributed by atoms with Crippen LogP contribution in [0.25, 0.3) is 27.6 Å². The number of hydrogen-bond acceptors (Lipinski definition) is 2. The van der Waals surface area contributed by atoms with E-state index in [4.69, 9.17) is 10.1 Å². The monoisotopic (exact) mass is 882 g/mol. The quantitative estimate of drug-likeness (QED) is 0.0800. The minimum absolute atomic E-state index is 0. The van der Waals surface area contributed by atoms with Crippen LogP contribution in [0.5, 0.6) is 11.5 Å². The second-order valence-electron chi connectivity index (χ2n) is 13.9. The van der Waals surface area contributed by atoms with Crippen LogP contribution in [0.15, 0.2) is 140 Å². The van der Waals surface area contributed by atoms with Crippen LogP contribution in [0.2, 0.25) is 0 Å². The Bertz CT molecular complexity index is 1910. The molecule has 0 saturated carbocycles. The van der Waals surface area contributed by atoms with Crippen LogP contribution in [0.4, 0.5) is 5.69 Å². The Balaban J connectivity index is 0.000000434. The molecular formula is C50H56HfNO2-3. The normalized spacial score (nSPS) is 10.4. The van der Waals surface area contributed by atoms with Crippen LogP contribution in [0.1, 0.15) is 86.3 Å². The van der Waals surface area contributed by atoms with Gasteiger partial charge in [-0.1, -0.05) is 112 Å². The van der Waals surface area contributed by atoms with Gasteiger partial charge in [0.15, 0.2) is 0 Å². The number of benzene rings is 6. The van der Waals surface area contributed by atoms with E-state index < -0.39 is 0 Å². The van der Waals surface area contributed by atoms with Crippen LogP contribution in [-0.2, 0) is 32.3 Å². The largest absolute Gasteiger partial charge is 0.684 e. The van der Waals surface area contributed by atoms with Gasteiger partial charge in [0, 0.05) is 42.5 Å². The minimum Gasteiger partial charge on any atom is -0.684 e. The van der Waals surface area contributed by atoms with Crippen molar-refractivity contribution in [2.24, 2.45) is 0 Å². The Kier molecular flexibility index (Phi) is 18.2. The molecule has 0 amide bonds. The van der Waals surface area contributed by atoms with Gasteiger partial charge in [-0.05, 0) is 72.6 Å². The Morgan fingerprint density at radius 3 is 1.63 bits per heavy atom. The smallest absolute Gasteiger partial charge is 0.131 e. The van der Waals surface area contributed by atoms with Crippen molar-refractivity contribution in [2.75, 3.05) is 13.2 Å². The summed E-state index contributed by atoms with van der Waals surface area (Å²) in [5, 5.41) is 16.5. The number of hydrogen-bond donors (Lipinski definition) is 1. The van der Waals surface area contributed by atoms with Gasteiger partial charge < -0.3 is 15.2 Å². The average Bonchev–Trinajstić information content (AvgIpc) is 3.17. The van der Waals surface area contributed by atoms with Crippen LogP contribution < -0.4 is 4.74 Å². The van der Waals surface area contributed by atoms with Crippen molar-refractivity contribution in [1.82, 2.24) is 0 Å². The fourth-order valence-electron chi connectivity index (χ4n) is 6.04. The zero-order valence-electron chi connectivity index (χ0n) is 33.0. The molecule has 0 aromatic heterocycles. The van der Waals surface area contributed by atoms with Gasteiger partial charge in [-0.3, -0.25) is 0 Å². The molecule has 0 spiro atoms. The van der Waals surface area contributed by atoms with Gasteiger partial charge >= 0.3 is 0 Å². The van der Waals surface area contributed by atoms with Crippen molar-refractivity contribution in [3.63, 3.8) is 0 Å². The van der Waals surface area contributed by atoms with Crippen molar-refractivity contribution < 1.29 is 35.7 Å². The van der Waals surface area contributed by atoms with E-state index in [9.17, 15) is 5.11 Å². The maximum atomic E-state index is 11.4. The zero-order valence-corrected chi connectivity index (χ0v) is 36.6. The van der Waals surface area contributed by atoms with E-state index in [-0.39, 0.29) is 31.6 Å². The molecule has 0 saturated heterocycles. The maximum Gasteiger partial charge on any atom is 0.131 e. The summed E-state index contributed by atoms with van der Waals surface area (Å²) in [6.07, 6.45) is 1.73. The number of aromatic hydroxyl groups is 1. The van der Waals surface area contributed by atoms with Crippen molar-refractivity contribution in [3.8, 4) is 33.8 Å². The summed E-state index contributed by atoms with van der Waals surface area (Å²) < 4.78 is 6.35. The van der Waals surface area contributed by atoms with Crippen molar-refractivity contribution in [2.45, 2.75) is 66.2 Å². The SMILES string of the molecule is CCc1ccc(OCCC[N-]c2c(C(C)C)cccc2C(C)C)c(-c2cc(C)cc(-c3ccccc3)c2O)c1.[CH2-]c1ccccc1.[CH2-]c1ccccc1.[Hf]. The molecular weight excluding hydrogens is 825 g/mol. The van der Waals surface area contributed by atoms with Gasteiger partial charge in [0.05, 0.1) is 6.61 Å². The first-order valence-electron chi connectivity index (χ1n) is 18.8. The number of rotatable bonds is 11.